The van der Waals surface area contributed by atoms with Gasteiger partial charge in [-0.25, -0.2) is 9.97 Å². The number of aromatic nitrogens is 2. The van der Waals surface area contributed by atoms with E-state index in [4.69, 9.17) is 0 Å². The van der Waals surface area contributed by atoms with Crippen LogP contribution in [-0.2, 0) is 0 Å². The van der Waals surface area contributed by atoms with Crippen LogP contribution in [0.15, 0.2) is 18.7 Å². The first kappa shape index (κ1) is 12.3. The zero-order valence-corrected chi connectivity index (χ0v) is 10.9. The van der Waals surface area contributed by atoms with Gasteiger partial charge >= 0.3 is 0 Å². The van der Waals surface area contributed by atoms with Gasteiger partial charge in [-0.1, -0.05) is 13.8 Å². The van der Waals surface area contributed by atoms with Crippen molar-refractivity contribution in [3.8, 4) is 0 Å². The Labute approximate surface area is 103 Å². The summed E-state index contributed by atoms with van der Waals surface area (Å²) < 4.78 is 0. The third kappa shape index (κ3) is 2.57. The Bertz CT molecular complexity index is 341. The summed E-state index contributed by atoms with van der Waals surface area (Å²) >= 11 is 0. The average molecular weight is 234 g/mol. The zero-order valence-electron chi connectivity index (χ0n) is 10.9. The maximum absolute atomic E-state index is 4.11. The first-order valence-corrected chi connectivity index (χ1v) is 6.49. The van der Waals surface area contributed by atoms with Crippen LogP contribution in [0.25, 0.3) is 0 Å². The third-order valence-electron chi connectivity index (χ3n) is 3.91. The monoisotopic (exact) mass is 234 g/mol. The third-order valence-corrected chi connectivity index (χ3v) is 3.91. The van der Waals surface area contributed by atoms with Crippen LogP contribution in [-0.4, -0.2) is 35.1 Å². The lowest BCUT2D eigenvalue weighted by molar-refractivity contribution is 0.274. The van der Waals surface area contributed by atoms with E-state index >= 15 is 0 Å². The Kier molecular flexibility index (Phi) is 3.94. The van der Waals surface area contributed by atoms with Crippen molar-refractivity contribution in [1.82, 2.24) is 15.3 Å². The maximum atomic E-state index is 4.11. The van der Waals surface area contributed by atoms with Gasteiger partial charge in [0.05, 0.1) is 18.1 Å². The molecule has 0 spiro atoms. The minimum Gasteiger partial charge on any atom is -0.366 e. The van der Waals surface area contributed by atoms with Crippen LogP contribution in [0, 0.1) is 5.92 Å². The van der Waals surface area contributed by atoms with E-state index in [1.165, 1.54) is 6.42 Å². The predicted octanol–water partition coefficient (Wildman–Crippen LogP) is 1.69. The van der Waals surface area contributed by atoms with Crippen molar-refractivity contribution in [3.05, 3.63) is 18.7 Å². The highest BCUT2D eigenvalue weighted by atomic mass is 15.2. The van der Waals surface area contributed by atoms with Crippen molar-refractivity contribution in [3.63, 3.8) is 0 Å². The standard InChI is InChI=1S/C13H22N4/c1-4-16-13-5-6-17(11(3)10(13)2)12-7-14-9-15-8-12/h7-11,13,16H,4-6H2,1-3H3. The van der Waals surface area contributed by atoms with Gasteiger partial charge in [0.25, 0.3) is 0 Å². The molecule has 3 atom stereocenters. The van der Waals surface area contributed by atoms with Crippen LogP contribution in [0.2, 0.25) is 0 Å². The van der Waals surface area contributed by atoms with E-state index in [9.17, 15) is 0 Å². The normalized spacial score (nSPS) is 29.4. The molecule has 1 fully saturated rings. The quantitative estimate of drug-likeness (QED) is 0.864. The summed E-state index contributed by atoms with van der Waals surface area (Å²) in [4.78, 5) is 10.6. The van der Waals surface area contributed by atoms with Gasteiger partial charge < -0.3 is 10.2 Å². The molecule has 3 unspecified atom stereocenters. The fourth-order valence-electron chi connectivity index (χ4n) is 2.72. The van der Waals surface area contributed by atoms with E-state index in [1.54, 1.807) is 6.33 Å². The summed E-state index contributed by atoms with van der Waals surface area (Å²) in [5.74, 6) is 0.643. The molecular formula is C13H22N4. The Morgan fingerprint density at radius 2 is 2.06 bits per heavy atom. The molecule has 1 aliphatic rings. The Hall–Kier alpha value is -1.16. The molecule has 1 aliphatic heterocycles. The van der Waals surface area contributed by atoms with Gasteiger partial charge in [0.15, 0.2) is 0 Å². The number of hydrogen-bond acceptors (Lipinski definition) is 4. The van der Waals surface area contributed by atoms with E-state index in [2.05, 4.69) is 41.0 Å². The van der Waals surface area contributed by atoms with Crippen molar-refractivity contribution in [2.24, 2.45) is 5.92 Å². The van der Waals surface area contributed by atoms with E-state index in [0.717, 1.165) is 18.8 Å². The smallest absolute Gasteiger partial charge is 0.115 e. The topological polar surface area (TPSA) is 41.0 Å². The van der Waals surface area contributed by atoms with E-state index < -0.39 is 0 Å². The molecule has 4 nitrogen and oxygen atoms in total. The summed E-state index contributed by atoms with van der Waals surface area (Å²) in [6.45, 7) is 8.93. The second kappa shape index (κ2) is 5.45. The van der Waals surface area contributed by atoms with Crippen LogP contribution in [0.5, 0.6) is 0 Å². The fraction of sp³-hybridized carbons (Fsp3) is 0.692. The number of anilines is 1. The average Bonchev–Trinajstić information content (AvgIpc) is 2.36. The van der Waals surface area contributed by atoms with Gasteiger partial charge in [-0.3, -0.25) is 0 Å². The minimum atomic E-state index is 0.527. The first-order chi connectivity index (χ1) is 8.24. The van der Waals surface area contributed by atoms with Crippen molar-refractivity contribution in [1.29, 1.82) is 0 Å². The summed E-state index contributed by atoms with van der Waals surface area (Å²) in [5.41, 5.74) is 1.14. The van der Waals surface area contributed by atoms with E-state index in [1.807, 2.05) is 12.4 Å². The van der Waals surface area contributed by atoms with Gasteiger partial charge in [0.2, 0.25) is 0 Å². The zero-order chi connectivity index (χ0) is 12.3. The molecule has 0 bridgehead atoms. The lowest BCUT2D eigenvalue weighted by Gasteiger charge is -2.44. The molecular weight excluding hydrogens is 212 g/mol. The van der Waals surface area contributed by atoms with E-state index in [-0.39, 0.29) is 0 Å². The Morgan fingerprint density at radius 1 is 1.35 bits per heavy atom. The second-order valence-electron chi connectivity index (χ2n) is 4.84. The van der Waals surface area contributed by atoms with Crippen LogP contribution in [0.4, 0.5) is 5.69 Å². The van der Waals surface area contributed by atoms with Gasteiger partial charge in [0, 0.05) is 18.6 Å². The molecule has 1 saturated heterocycles. The summed E-state index contributed by atoms with van der Waals surface area (Å²) in [7, 11) is 0. The van der Waals surface area contributed by atoms with Crippen molar-refractivity contribution in [2.45, 2.75) is 39.3 Å². The highest BCUT2D eigenvalue weighted by Gasteiger charge is 2.32. The van der Waals surface area contributed by atoms with Crippen LogP contribution in [0.3, 0.4) is 0 Å². The van der Waals surface area contributed by atoms with Gasteiger partial charge in [-0.15, -0.1) is 0 Å². The number of rotatable bonds is 3. The molecule has 94 valence electrons. The first-order valence-electron chi connectivity index (χ1n) is 6.49. The lowest BCUT2D eigenvalue weighted by atomic mass is 9.87. The molecule has 0 amide bonds. The fourth-order valence-corrected chi connectivity index (χ4v) is 2.72. The number of nitrogens with one attached hydrogen (secondary N) is 1. The van der Waals surface area contributed by atoms with Crippen LogP contribution >= 0.6 is 0 Å². The molecule has 2 rings (SSSR count). The van der Waals surface area contributed by atoms with Crippen molar-refractivity contribution < 1.29 is 0 Å². The molecule has 1 N–H and O–H groups in total. The highest BCUT2D eigenvalue weighted by molar-refractivity contribution is 5.43. The summed E-state index contributed by atoms with van der Waals surface area (Å²) in [6.07, 6.45) is 6.59. The summed E-state index contributed by atoms with van der Waals surface area (Å²) in [6, 6.07) is 1.16. The van der Waals surface area contributed by atoms with Gasteiger partial charge in [-0.2, -0.15) is 0 Å². The SMILES string of the molecule is CCNC1CCN(c2cncnc2)C(C)C1C. The molecule has 0 aliphatic carbocycles. The minimum absolute atomic E-state index is 0.527. The number of nitrogens with zero attached hydrogens (tertiary/aromatic N) is 3. The Balaban J connectivity index is 2.08. The molecule has 2 heterocycles. The van der Waals surface area contributed by atoms with Gasteiger partial charge in [0.1, 0.15) is 6.33 Å². The molecule has 0 aromatic carbocycles. The van der Waals surface area contributed by atoms with Crippen molar-refractivity contribution >= 4 is 5.69 Å². The van der Waals surface area contributed by atoms with Crippen LogP contribution < -0.4 is 10.2 Å². The molecule has 1 aromatic heterocycles. The number of hydrogen-bond donors (Lipinski definition) is 1. The highest BCUT2D eigenvalue weighted by Crippen LogP contribution is 2.27. The van der Waals surface area contributed by atoms with Gasteiger partial charge in [-0.05, 0) is 25.8 Å². The van der Waals surface area contributed by atoms with E-state index in [0.29, 0.717) is 18.0 Å². The molecule has 1 aromatic rings. The second-order valence-corrected chi connectivity index (χ2v) is 4.84. The summed E-state index contributed by atoms with van der Waals surface area (Å²) in [5, 5.41) is 3.58. The molecule has 0 saturated carbocycles. The largest absolute Gasteiger partial charge is 0.366 e. The molecule has 0 radical (unpaired) electrons. The van der Waals surface area contributed by atoms with Crippen molar-refractivity contribution in [2.75, 3.05) is 18.0 Å². The van der Waals surface area contributed by atoms with Crippen LogP contribution in [0.1, 0.15) is 27.2 Å². The number of piperidine rings is 1. The lowest BCUT2D eigenvalue weighted by Crippen LogP contribution is -2.53. The predicted molar refractivity (Wildman–Crippen MR) is 70.1 cm³/mol. The molecule has 4 heteroatoms. The maximum Gasteiger partial charge on any atom is 0.115 e. The Morgan fingerprint density at radius 3 is 2.71 bits per heavy atom. The molecule has 17 heavy (non-hydrogen) atoms.